The summed E-state index contributed by atoms with van der Waals surface area (Å²) in [6.45, 7) is 2.91. The van der Waals surface area contributed by atoms with Crippen molar-refractivity contribution in [2.75, 3.05) is 19.6 Å². The van der Waals surface area contributed by atoms with Gasteiger partial charge in [-0.2, -0.15) is 0 Å². The maximum absolute atomic E-state index is 12.5. The number of guanidine groups is 1. The first-order chi connectivity index (χ1) is 13.2. The molecule has 1 saturated heterocycles. The Morgan fingerprint density at radius 1 is 1.11 bits per heavy atom. The van der Waals surface area contributed by atoms with Crippen LogP contribution >= 0.6 is 24.0 Å². The highest BCUT2D eigenvalue weighted by Crippen LogP contribution is 2.14. The number of halogens is 1. The molecule has 0 radical (unpaired) electrons. The van der Waals surface area contributed by atoms with Gasteiger partial charge >= 0.3 is 0 Å². The number of carbonyl (C=O) groups is 1. The summed E-state index contributed by atoms with van der Waals surface area (Å²) in [5, 5.41) is 3.10. The van der Waals surface area contributed by atoms with E-state index in [0.717, 1.165) is 49.2 Å². The van der Waals surface area contributed by atoms with Crippen LogP contribution in [0.25, 0.3) is 0 Å². The number of aromatic nitrogens is 1. The van der Waals surface area contributed by atoms with Crippen molar-refractivity contribution in [1.82, 2.24) is 15.2 Å². The van der Waals surface area contributed by atoms with Crippen molar-refractivity contribution in [3.05, 3.63) is 65.5 Å². The molecule has 1 aromatic carbocycles. The van der Waals surface area contributed by atoms with Gasteiger partial charge in [0.15, 0.2) is 5.96 Å². The maximum atomic E-state index is 12.5. The smallest absolute Gasteiger partial charge is 0.253 e. The number of rotatable bonds is 6. The molecule has 7 heteroatoms. The van der Waals surface area contributed by atoms with E-state index in [1.165, 1.54) is 6.42 Å². The van der Waals surface area contributed by atoms with Crippen molar-refractivity contribution in [3.63, 3.8) is 0 Å². The maximum Gasteiger partial charge on any atom is 0.253 e. The highest BCUT2D eigenvalue weighted by molar-refractivity contribution is 14.0. The van der Waals surface area contributed by atoms with Gasteiger partial charge in [0.2, 0.25) is 0 Å². The standard InChI is InChI=1S/C21H27N5O.HI/c22-21(24-13-11-19-6-2-3-12-23-19)25-16-17-7-9-18(10-8-17)20(27)26-14-4-1-5-15-26;/h2-3,6-10,12H,1,4-5,11,13-16H2,(H3,22,24,25);1H. The molecular formula is C21H28IN5O. The van der Waals surface area contributed by atoms with E-state index >= 15 is 0 Å². The minimum absolute atomic E-state index is 0. The molecule has 0 aliphatic carbocycles. The van der Waals surface area contributed by atoms with E-state index in [2.05, 4.69) is 15.3 Å². The summed E-state index contributed by atoms with van der Waals surface area (Å²) in [6, 6.07) is 13.5. The number of nitrogens with two attached hydrogens (primary N) is 1. The van der Waals surface area contributed by atoms with E-state index in [-0.39, 0.29) is 29.9 Å². The minimum atomic E-state index is 0. The molecule has 1 aliphatic heterocycles. The fourth-order valence-corrected chi connectivity index (χ4v) is 3.13. The summed E-state index contributed by atoms with van der Waals surface area (Å²) in [5.41, 5.74) is 8.71. The van der Waals surface area contributed by atoms with Gasteiger partial charge in [-0.15, -0.1) is 24.0 Å². The Morgan fingerprint density at radius 3 is 2.54 bits per heavy atom. The second-order valence-electron chi connectivity index (χ2n) is 6.75. The van der Waals surface area contributed by atoms with E-state index in [0.29, 0.717) is 19.0 Å². The van der Waals surface area contributed by atoms with Crippen LogP contribution in [0.3, 0.4) is 0 Å². The number of likely N-dealkylation sites (tertiary alicyclic amines) is 1. The van der Waals surface area contributed by atoms with Gasteiger partial charge in [0, 0.05) is 43.5 Å². The molecular weight excluding hydrogens is 465 g/mol. The van der Waals surface area contributed by atoms with Gasteiger partial charge < -0.3 is 16.0 Å². The Kier molecular flexibility index (Phi) is 9.19. The fraction of sp³-hybridized carbons (Fsp3) is 0.381. The van der Waals surface area contributed by atoms with Gasteiger partial charge in [-0.1, -0.05) is 18.2 Å². The number of nitrogens with zero attached hydrogens (tertiary/aromatic N) is 3. The summed E-state index contributed by atoms with van der Waals surface area (Å²) in [5.74, 6) is 0.542. The molecule has 150 valence electrons. The SMILES string of the molecule is I.NC(=NCc1ccc(C(=O)N2CCCCC2)cc1)NCCc1ccccn1. The van der Waals surface area contributed by atoms with Crippen molar-refractivity contribution in [3.8, 4) is 0 Å². The number of hydrogen-bond acceptors (Lipinski definition) is 3. The zero-order chi connectivity index (χ0) is 18.9. The molecule has 0 saturated carbocycles. The predicted octanol–water partition coefficient (Wildman–Crippen LogP) is 2.97. The molecule has 2 aromatic rings. The zero-order valence-electron chi connectivity index (χ0n) is 16.0. The Balaban J connectivity index is 0.00000280. The first kappa shape index (κ1) is 22.1. The fourth-order valence-electron chi connectivity index (χ4n) is 3.13. The topological polar surface area (TPSA) is 83.6 Å². The quantitative estimate of drug-likeness (QED) is 0.368. The van der Waals surface area contributed by atoms with E-state index in [1.54, 1.807) is 6.20 Å². The summed E-state index contributed by atoms with van der Waals surface area (Å²) < 4.78 is 0. The van der Waals surface area contributed by atoms with E-state index < -0.39 is 0 Å². The second kappa shape index (κ2) is 11.6. The third-order valence-corrected chi connectivity index (χ3v) is 4.69. The van der Waals surface area contributed by atoms with Crippen molar-refractivity contribution in [2.24, 2.45) is 10.7 Å². The van der Waals surface area contributed by atoms with Crippen LogP contribution in [-0.2, 0) is 13.0 Å². The van der Waals surface area contributed by atoms with Crippen molar-refractivity contribution >= 4 is 35.8 Å². The lowest BCUT2D eigenvalue weighted by molar-refractivity contribution is 0.0724. The van der Waals surface area contributed by atoms with Gasteiger partial charge in [0.25, 0.3) is 5.91 Å². The Bertz CT molecular complexity index is 758. The van der Waals surface area contributed by atoms with Gasteiger partial charge in [0.1, 0.15) is 0 Å². The molecule has 3 N–H and O–H groups in total. The summed E-state index contributed by atoms with van der Waals surface area (Å²) in [4.78, 5) is 23.1. The summed E-state index contributed by atoms with van der Waals surface area (Å²) >= 11 is 0. The van der Waals surface area contributed by atoms with Crippen LogP contribution in [0.1, 0.15) is 40.9 Å². The molecule has 0 spiro atoms. The molecule has 3 rings (SSSR count). The monoisotopic (exact) mass is 493 g/mol. The van der Waals surface area contributed by atoms with Crippen molar-refractivity contribution in [1.29, 1.82) is 0 Å². The number of carbonyl (C=O) groups excluding carboxylic acids is 1. The largest absolute Gasteiger partial charge is 0.370 e. The molecule has 0 bridgehead atoms. The van der Waals surface area contributed by atoms with E-state index in [9.17, 15) is 4.79 Å². The number of nitrogens with one attached hydrogen (secondary N) is 1. The van der Waals surface area contributed by atoms with Crippen LogP contribution in [0, 0.1) is 0 Å². The number of hydrogen-bond donors (Lipinski definition) is 2. The lowest BCUT2D eigenvalue weighted by Crippen LogP contribution is -2.35. The first-order valence-electron chi connectivity index (χ1n) is 9.54. The Labute approximate surface area is 183 Å². The third kappa shape index (κ3) is 6.78. The van der Waals surface area contributed by atoms with Crippen LogP contribution in [-0.4, -0.2) is 41.4 Å². The molecule has 0 unspecified atom stereocenters. The molecule has 1 fully saturated rings. The lowest BCUT2D eigenvalue weighted by atomic mass is 10.1. The molecule has 1 amide bonds. The number of piperidine rings is 1. The number of benzene rings is 1. The van der Waals surface area contributed by atoms with Gasteiger partial charge in [-0.25, -0.2) is 4.99 Å². The van der Waals surface area contributed by atoms with Crippen LogP contribution in [0.2, 0.25) is 0 Å². The normalized spacial score (nSPS) is 14.3. The zero-order valence-corrected chi connectivity index (χ0v) is 18.3. The minimum Gasteiger partial charge on any atom is -0.370 e. The Hall–Kier alpha value is -2.16. The van der Waals surface area contributed by atoms with E-state index in [4.69, 9.17) is 5.73 Å². The average Bonchev–Trinajstić information content (AvgIpc) is 2.73. The average molecular weight is 493 g/mol. The highest BCUT2D eigenvalue weighted by Gasteiger charge is 2.17. The van der Waals surface area contributed by atoms with Gasteiger partial charge in [0.05, 0.1) is 6.54 Å². The molecule has 28 heavy (non-hydrogen) atoms. The van der Waals surface area contributed by atoms with E-state index in [1.807, 2.05) is 47.4 Å². The Morgan fingerprint density at radius 2 is 1.86 bits per heavy atom. The molecule has 6 nitrogen and oxygen atoms in total. The van der Waals surface area contributed by atoms with Crippen molar-refractivity contribution < 1.29 is 4.79 Å². The molecule has 0 atom stereocenters. The molecule has 1 aromatic heterocycles. The lowest BCUT2D eigenvalue weighted by Gasteiger charge is -2.26. The number of pyridine rings is 1. The molecule has 1 aliphatic rings. The van der Waals surface area contributed by atoms with Crippen LogP contribution in [0.4, 0.5) is 0 Å². The predicted molar refractivity (Wildman–Crippen MR) is 123 cm³/mol. The van der Waals surface area contributed by atoms with Crippen LogP contribution in [0.15, 0.2) is 53.7 Å². The van der Waals surface area contributed by atoms with Crippen molar-refractivity contribution in [2.45, 2.75) is 32.2 Å². The van der Waals surface area contributed by atoms with Crippen LogP contribution < -0.4 is 11.1 Å². The number of aliphatic imine (C=N–C) groups is 1. The van der Waals surface area contributed by atoms with Crippen LogP contribution in [0.5, 0.6) is 0 Å². The molecule has 2 heterocycles. The summed E-state index contributed by atoms with van der Waals surface area (Å²) in [7, 11) is 0. The highest BCUT2D eigenvalue weighted by atomic mass is 127. The number of amides is 1. The van der Waals surface area contributed by atoms with Gasteiger partial charge in [-0.05, 0) is 49.1 Å². The first-order valence-corrected chi connectivity index (χ1v) is 9.54. The van der Waals surface area contributed by atoms with Gasteiger partial charge in [-0.3, -0.25) is 9.78 Å². The third-order valence-electron chi connectivity index (χ3n) is 4.69. The second-order valence-corrected chi connectivity index (χ2v) is 6.75. The summed E-state index contributed by atoms with van der Waals surface area (Å²) in [6.07, 6.45) is 6.01.